The number of nitrogens with zero attached hydrogens (tertiary/aromatic N) is 1. The van der Waals surface area contributed by atoms with Gasteiger partial charge >= 0.3 is 0 Å². The average Bonchev–Trinajstić information content (AvgIpc) is 3.56. The Morgan fingerprint density at radius 2 is 1.76 bits per heavy atom. The van der Waals surface area contributed by atoms with Gasteiger partial charge in [-0.2, -0.15) is 0 Å². The van der Waals surface area contributed by atoms with Crippen LogP contribution in [0.5, 0.6) is 0 Å². The second kappa shape index (κ2) is 9.13. The molecular weight excluding hydrogens is 425 g/mol. The Kier molecular flexibility index (Phi) is 6.26. The molecule has 1 aliphatic carbocycles. The van der Waals surface area contributed by atoms with Gasteiger partial charge in [0.2, 0.25) is 17.6 Å². The summed E-state index contributed by atoms with van der Waals surface area (Å²) in [7, 11) is 0. The van der Waals surface area contributed by atoms with Gasteiger partial charge in [0.05, 0.1) is 5.92 Å². The van der Waals surface area contributed by atoms with E-state index in [0.29, 0.717) is 0 Å². The molecule has 0 radical (unpaired) electrons. The number of halogens is 1. The smallest absolute Gasteiger partial charge is 0.288 e. The van der Waals surface area contributed by atoms with Crippen LogP contribution in [-0.4, -0.2) is 40.0 Å². The Morgan fingerprint density at radius 1 is 1.09 bits per heavy atom. The molecule has 1 heterocycles. The van der Waals surface area contributed by atoms with Crippen molar-refractivity contribution >= 4 is 23.5 Å². The summed E-state index contributed by atoms with van der Waals surface area (Å²) in [6.07, 6.45) is 1.58. The lowest BCUT2D eigenvalue weighted by Gasteiger charge is -2.41. The summed E-state index contributed by atoms with van der Waals surface area (Å²) < 4.78 is 14.4. The third-order valence-corrected chi connectivity index (χ3v) is 6.53. The minimum atomic E-state index is -1.74. The fourth-order valence-corrected chi connectivity index (χ4v) is 4.58. The van der Waals surface area contributed by atoms with Gasteiger partial charge in [-0.15, -0.1) is 0 Å². The second-order valence-corrected chi connectivity index (χ2v) is 8.71. The minimum absolute atomic E-state index is 0.0183. The summed E-state index contributed by atoms with van der Waals surface area (Å²) in [4.78, 5) is 53.3. The topological polar surface area (TPSA) is 110 Å². The van der Waals surface area contributed by atoms with Gasteiger partial charge in [0, 0.05) is 24.6 Å². The van der Waals surface area contributed by atoms with Crippen molar-refractivity contribution in [3.63, 3.8) is 0 Å². The van der Waals surface area contributed by atoms with Gasteiger partial charge < -0.3 is 16.0 Å². The van der Waals surface area contributed by atoms with Gasteiger partial charge in [0.15, 0.2) is 0 Å². The first-order chi connectivity index (χ1) is 15.8. The van der Waals surface area contributed by atoms with Crippen molar-refractivity contribution in [2.75, 3.05) is 0 Å². The molecular formula is C25H26FN3O4. The zero-order chi connectivity index (χ0) is 23.6. The van der Waals surface area contributed by atoms with Crippen molar-refractivity contribution < 1.29 is 23.6 Å². The van der Waals surface area contributed by atoms with E-state index in [1.807, 2.05) is 6.07 Å². The summed E-state index contributed by atoms with van der Waals surface area (Å²) in [5.41, 5.74) is 5.05. The van der Waals surface area contributed by atoms with Gasteiger partial charge in [-0.1, -0.05) is 48.5 Å². The Hall–Kier alpha value is -3.55. The summed E-state index contributed by atoms with van der Waals surface area (Å²) in [5.74, 6) is -4.60. The fourth-order valence-electron chi connectivity index (χ4n) is 4.58. The van der Waals surface area contributed by atoms with E-state index in [-0.39, 0.29) is 37.4 Å². The molecule has 2 aliphatic rings. The normalized spacial score (nSPS) is 21.0. The van der Waals surface area contributed by atoms with Crippen molar-refractivity contribution in [2.45, 2.75) is 50.2 Å². The maximum Gasteiger partial charge on any atom is 0.288 e. The molecule has 172 valence electrons. The molecule has 0 aromatic heterocycles. The minimum Gasteiger partial charge on any atom is -0.368 e. The highest BCUT2D eigenvalue weighted by Crippen LogP contribution is 2.40. The highest BCUT2D eigenvalue weighted by atomic mass is 19.1. The van der Waals surface area contributed by atoms with Crippen molar-refractivity contribution in [3.05, 3.63) is 71.5 Å². The number of carbonyl (C=O) groups excluding carboxylic acids is 4. The molecule has 3 N–H and O–H groups in total. The van der Waals surface area contributed by atoms with E-state index in [1.165, 1.54) is 23.1 Å². The van der Waals surface area contributed by atoms with Crippen molar-refractivity contribution in [2.24, 2.45) is 11.7 Å². The molecule has 2 aromatic rings. The van der Waals surface area contributed by atoms with Gasteiger partial charge in [0.25, 0.3) is 5.91 Å². The molecule has 4 rings (SSSR count). The van der Waals surface area contributed by atoms with Crippen LogP contribution in [0.15, 0.2) is 54.6 Å². The van der Waals surface area contributed by atoms with E-state index >= 15 is 0 Å². The van der Waals surface area contributed by atoms with E-state index in [9.17, 15) is 23.6 Å². The number of likely N-dealkylation sites (tertiary alicyclic amines) is 1. The summed E-state index contributed by atoms with van der Waals surface area (Å²) in [5, 5.41) is 2.68. The Balaban J connectivity index is 1.76. The number of amides is 3. The molecule has 7 nitrogen and oxygen atoms in total. The molecule has 2 atom stereocenters. The standard InChI is InChI=1S/C25H26FN3O4/c26-20-9-5-4-8-17(20)15-29-21(30)12-13-25(29,24(27)33)19(14-16-6-2-1-3-7-16)22(31)23(32)28-18-10-11-18/h1-9,18-19H,10-15H2,(H2,27,33)(H,28,32). The third kappa shape index (κ3) is 4.51. The average molecular weight is 451 g/mol. The number of benzene rings is 2. The Bertz CT molecular complexity index is 1090. The molecule has 33 heavy (non-hydrogen) atoms. The number of carbonyl (C=O) groups is 4. The van der Waals surface area contributed by atoms with Gasteiger partial charge in [-0.05, 0) is 37.3 Å². The van der Waals surface area contributed by atoms with E-state index in [1.54, 1.807) is 30.3 Å². The van der Waals surface area contributed by atoms with Crippen LogP contribution in [0, 0.1) is 11.7 Å². The Morgan fingerprint density at radius 3 is 2.39 bits per heavy atom. The molecule has 1 saturated carbocycles. The largest absolute Gasteiger partial charge is 0.368 e. The van der Waals surface area contributed by atoms with Gasteiger partial charge in [-0.3, -0.25) is 19.2 Å². The van der Waals surface area contributed by atoms with Gasteiger partial charge in [0.1, 0.15) is 11.4 Å². The van der Waals surface area contributed by atoms with Crippen LogP contribution in [0.4, 0.5) is 4.39 Å². The highest BCUT2D eigenvalue weighted by Gasteiger charge is 2.58. The molecule has 3 amide bonds. The molecule has 2 fully saturated rings. The predicted octanol–water partition coefficient (Wildman–Crippen LogP) is 1.88. The number of rotatable bonds is 9. The second-order valence-electron chi connectivity index (χ2n) is 8.71. The highest BCUT2D eigenvalue weighted by molar-refractivity contribution is 6.38. The van der Waals surface area contributed by atoms with Crippen LogP contribution in [0.1, 0.15) is 36.8 Å². The zero-order valence-corrected chi connectivity index (χ0v) is 18.1. The summed E-state index contributed by atoms with van der Waals surface area (Å²) >= 11 is 0. The number of hydrogen-bond acceptors (Lipinski definition) is 4. The van der Waals surface area contributed by atoms with Gasteiger partial charge in [-0.25, -0.2) is 4.39 Å². The number of hydrogen-bond donors (Lipinski definition) is 2. The number of Topliss-reactive ketones (excluding diaryl/α,β-unsaturated/α-hetero) is 1. The van der Waals surface area contributed by atoms with E-state index in [0.717, 1.165) is 18.4 Å². The van der Waals surface area contributed by atoms with E-state index in [4.69, 9.17) is 5.73 Å². The number of primary amides is 1. The number of ketones is 1. The monoisotopic (exact) mass is 451 g/mol. The van der Waals surface area contributed by atoms with Crippen molar-refractivity contribution in [1.29, 1.82) is 0 Å². The first-order valence-electron chi connectivity index (χ1n) is 11.1. The zero-order valence-electron chi connectivity index (χ0n) is 18.1. The lowest BCUT2D eigenvalue weighted by molar-refractivity contribution is -0.151. The molecule has 2 aromatic carbocycles. The Labute approximate surface area is 191 Å². The molecule has 2 unspecified atom stereocenters. The lowest BCUT2D eigenvalue weighted by Crippen LogP contribution is -2.63. The van der Waals surface area contributed by atoms with Crippen LogP contribution < -0.4 is 11.1 Å². The van der Waals surface area contributed by atoms with Crippen LogP contribution in [-0.2, 0) is 32.1 Å². The number of nitrogens with two attached hydrogens (primary N) is 1. The van der Waals surface area contributed by atoms with Crippen molar-refractivity contribution in [1.82, 2.24) is 10.2 Å². The fraction of sp³-hybridized carbons (Fsp3) is 0.360. The van der Waals surface area contributed by atoms with Crippen molar-refractivity contribution in [3.8, 4) is 0 Å². The SMILES string of the molecule is NC(=O)C1(C(Cc2ccccc2)C(=O)C(=O)NC2CC2)CCC(=O)N1Cc1ccccc1F. The van der Waals surface area contributed by atoms with Crippen LogP contribution >= 0.6 is 0 Å². The third-order valence-electron chi connectivity index (χ3n) is 6.53. The van der Waals surface area contributed by atoms with Crippen LogP contribution in [0.2, 0.25) is 0 Å². The first-order valence-corrected chi connectivity index (χ1v) is 11.1. The first kappa shape index (κ1) is 22.6. The van der Waals surface area contributed by atoms with E-state index < -0.39 is 40.8 Å². The predicted molar refractivity (Wildman–Crippen MR) is 118 cm³/mol. The maximum absolute atomic E-state index is 14.4. The van der Waals surface area contributed by atoms with Crippen LogP contribution in [0.3, 0.4) is 0 Å². The molecule has 8 heteroatoms. The summed E-state index contributed by atoms with van der Waals surface area (Å²) in [6, 6.07) is 14.8. The molecule has 1 saturated heterocycles. The number of nitrogens with one attached hydrogen (secondary N) is 1. The summed E-state index contributed by atoms with van der Waals surface area (Å²) in [6.45, 7) is -0.225. The lowest BCUT2D eigenvalue weighted by atomic mass is 9.74. The molecule has 0 bridgehead atoms. The molecule has 1 aliphatic heterocycles. The molecule has 0 spiro atoms. The maximum atomic E-state index is 14.4. The van der Waals surface area contributed by atoms with Crippen LogP contribution in [0.25, 0.3) is 0 Å². The van der Waals surface area contributed by atoms with E-state index in [2.05, 4.69) is 5.32 Å². The quantitative estimate of drug-likeness (QED) is 0.567.